The Morgan fingerprint density at radius 1 is 0.868 bits per heavy atom. The smallest absolute Gasteiger partial charge is 0.311 e. The highest BCUT2D eigenvalue weighted by Gasteiger charge is 2.33. The van der Waals surface area contributed by atoms with Gasteiger partial charge in [-0.05, 0) is 47.4 Å². The number of nitrogens with zero attached hydrogens (tertiary/aromatic N) is 1. The molecule has 0 fully saturated rings. The Bertz CT molecular complexity index is 1750. The molecule has 188 valence electrons. The maximum Gasteiger partial charge on any atom is 0.311 e. The van der Waals surface area contributed by atoms with Crippen molar-refractivity contribution in [1.82, 2.24) is 4.98 Å². The number of ether oxygens (including phenoxy) is 2. The monoisotopic (exact) mass is 501 g/mol. The van der Waals surface area contributed by atoms with Crippen molar-refractivity contribution in [1.29, 1.82) is 0 Å². The van der Waals surface area contributed by atoms with Crippen LogP contribution in [0.15, 0.2) is 78.9 Å². The zero-order valence-electron chi connectivity index (χ0n) is 21.6. The molecule has 1 aliphatic rings. The molecule has 1 heterocycles. The van der Waals surface area contributed by atoms with Gasteiger partial charge in [0.05, 0.1) is 23.4 Å². The summed E-state index contributed by atoms with van der Waals surface area (Å²) in [7, 11) is 0. The number of aromatic nitrogens is 1. The number of carbonyl (C=O) groups is 2. The summed E-state index contributed by atoms with van der Waals surface area (Å²) in [5, 5.41) is 3.00. The molecule has 0 unspecified atom stereocenters. The molecule has 0 bridgehead atoms. The van der Waals surface area contributed by atoms with Gasteiger partial charge in [0.1, 0.15) is 0 Å². The lowest BCUT2D eigenvalue weighted by Gasteiger charge is -2.17. The number of esters is 1. The van der Waals surface area contributed by atoms with E-state index in [2.05, 4.69) is 18.2 Å². The molecular formula is C33H27NO4. The van der Waals surface area contributed by atoms with E-state index in [1.54, 1.807) is 6.07 Å². The standard InChI is InChI=1S/C33H27NO4/c1-4-37-27-18-21(14-16-26(27)38-28(35)17-19(2)3)29-30-22-10-6-5-9-20(22)13-15-25(30)34-32-23-11-7-8-12-24(23)33(36)31(29)32/h5-16,18-19H,4,17H2,1-3H3. The molecule has 1 aliphatic carbocycles. The summed E-state index contributed by atoms with van der Waals surface area (Å²) < 4.78 is 11.6. The number of fused-ring (bicyclic) bond motifs is 6. The number of benzene rings is 4. The van der Waals surface area contributed by atoms with E-state index >= 15 is 0 Å². The molecule has 5 heteroatoms. The summed E-state index contributed by atoms with van der Waals surface area (Å²) in [4.78, 5) is 31.3. The molecule has 6 rings (SSSR count). The minimum atomic E-state index is -0.305. The van der Waals surface area contributed by atoms with Gasteiger partial charge in [0, 0.05) is 28.5 Å². The Morgan fingerprint density at radius 2 is 1.63 bits per heavy atom. The van der Waals surface area contributed by atoms with Crippen LogP contribution in [0.25, 0.3) is 44.1 Å². The van der Waals surface area contributed by atoms with E-state index in [9.17, 15) is 9.59 Å². The second-order valence-electron chi connectivity index (χ2n) is 9.93. The van der Waals surface area contributed by atoms with Crippen LogP contribution in [0.2, 0.25) is 0 Å². The fourth-order valence-electron chi connectivity index (χ4n) is 5.28. The molecule has 0 aliphatic heterocycles. The van der Waals surface area contributed by atoms with Gasteiger partial charge in [-0.1, -0.05) is 74.5 Å². The lowest BCUT2D eigenvalue weighted by atomic mass is 9.90. The van der Waals surface area contributed by atoms with Gasteiger partial charge in [0.15, 0.2) is 17.3 Å². The van der Waals surface area contributed by atoms with Gasteiger partial charge < -0.3 is 9.47 Å². The first-order valence-corrected chi connectivity index (χ1v) is 12.9. The van der Waals surface area contributed by atoms with Gasteiger partial charge in [-0.15, -0.1) is 0 Å². The van der Waals surface area contributed by atoms with E-state index in [0.29, 0.717) is 41.3 Å². The van der Waals surface area contributed by atoms with Crippen LogP contribution in [0.1, 0.15) is 43.1 Å². The maximum atomic E-state index is 13.8. The molecule has 0 saturated heterocycles. The van der Waals surface area contributed by atoms with Crippen molar-refractivity contribution in [2.75, 3.05) is 6.61 Å². The van der Waals surface area contributed by atoms with Crippen molar-refractivity contribution in [3.05, 3.63) is 90.0 Å². The fourth-order valence-corrected chi connectivity index (χ4v) is 5.28. The number of hydrogen-bond acceptors (Lipinski definition) is 5. The Labute approximate surface area is 221 Å². The minimum absolute atomic E-state index is 0.0432. The lowest BCUT2D eigenvalue weighted by molar-refractivity contribution is -0.135. The average molecular weight is 502 g/mol. The quantitative estimate of drug-likeness (QED) is 0.133. The molecule has 0 N–H and O–H groups in total. The highest BCUT2D eigenvalue weighted by Crippen LogP contribution is 2.46. The van der Waals surface area contributed by atoms with Crippen molar-refractivity contribution in [2.45, 2.75) is 27.2 Å². The molecule has 0 saturated carbocycles. The number of rotatable bonds is 6. The predicted molar refractivity (Wildman–Crippen MR) is 150 cm³/mol. The topological polar surface area (TPSA) is 65.5 Å². The molecule has 0 radical (unpaired) electrons. The van der Waals surface area contributed by atoms with Crippen molar-refractivity contribution in [2.24, 2.45) is 5.92 Å². The first kappa shape index (κ1) is 23.9. The van der Waals surface area contributed by atoms with Crippen LogP contribution < -0.4 is 9.47 Å². The van der Waals surface area contributed by atoms with Gasteiger partial charge >= 0.3 is 5.97 Å². The first-order valence-electron chi connectivity index (χ1n) is 12.9. The average Bonchev–Trinajstić information content (AvgIpc) is 3.19. The van der Waals surface area contributed by atoms with E-state index in [0.717, 1.165) is 38.4 Å². The highest BCUT2D eigenvalue weighted by atomic mass is 16.6. The van der Waals surface area contributed by atoms with Crippen LogP contribution >= 0.6 is 0 Å². The number of carbonyl (C=O) groups excluding carboxylic acids is 2. The third-order valence-corrected chi connectivity index (χ3v) is 6.86. The molecule has 1 aromatic heterocycles. The Balaban J connectivity index is 1.64. The number of pyridine rings is 1. The van der Waals surface area contributed by atoms with Crippen LogP contribution in [-0.4, -0.2) is 23.3 Å². The minimum Gasteiger partial charge on any atom is -0.490 e. The van der Waals surface area contributed by atoms with Crippen LogP contribution in [0.5, 0.6) is 11.5 Å². The van der Waals surface area contributed by atoms with Crippen molar-refractivity contribution < 1.29 is 19.1 Å². The largest absolute Gasteiger partial charge is 0.490 e. The second-order valence-corrected chi connectivity index (χ2v) is 9.93. The first-order chi connectivity index (χ1) is 18.5. The van der Waals surface area contributed by atoms with Crippen LogP contribution in [0, 0.1) is 5.92 Å². The van der Waals surface area contributed by atoms with Crippen LogP contribution in [0.3, 0.4) is 0 Å². The third-order valence-electron chi connectivity index (χ3n) is 6.86. The van der Waals surface area contributed by atoms with Gasteiger partial charge in [0.2, 0.25) is 0 Å². The molecule has 0 atom stereocenters. The van der Waals surface area contributed by atoms with Crippen molar-refractivity contribution in [3.8, 4) is 33.9 Å². The molecule has 38 heavy (non-hydrogen) atoms. The van der Waals surface area contributed by atoms with Crippen LogP contribution in [-0.2, 0) is 4.79 Å². The molecular weight excluding hydrogens is 474 g/mol. The highest BCUT2D eigenvalue weighted by molar-refractivity contribution is 6.29. The molecule has 5 aromatic rings. The summed E-state index contributed by atoms with van der Waals surface area (Å²) in [6, 6.07) is 25.3. The SMILES string of the molecule is CCOc1cc(-c2c3c(nc4ccc5ccccc5c24)-c2ccccc2C3=O)ccc1OC(=O)CC(C)C. The number of hydrogen-bond donors (Lipinski definition) is 0. The lowest BCUT2D eigenvalue weighted by Crippen LogP contribution is -2.11. The summed E-state index contributed by atoms with van der Waals surface area (Å²) in [6.07, 6.45) is 0.314. The van der Waals surface area contributed by atoms with Crippen molar-refractivity contribution >= 4 is 33.4 Å². The molecule has 4 aromatic carbocycles. The Morgan fingerprint density at radius 3 is 2.42 bits per heavy atom. The molecule has 5 nitrogen and oxygen atoms in total. The third kappa shape index (κ3) is 3.91. The van der Waals surface area contributed by atoms with E-state index < -0.39 is 0 Å². The van der Waals surface area contributed by atoms with E-state index in [-0.39, 0.29) is 17.7 Å². The van der Waals surface area contributed by atoms with Gasteiger partial charge in [0.25, 0.3) is 0 Å². The zero-order chi connectivity index (χ0) is 26.4. The Kier molecular flexibility index (Phi) is 5.91. The normalized spacial score (nSPS) is 12.2. The van der Waals surface area contributed by atoms with Crippen LogP contribution in [0.4, 0.5) is 0 Å². The summed E-state index contributed by atoms with van der Waals surface area (Å²) >= 11 is 0. The number of ketones is 1. The zero-order valence-corrected chi connectivity index (χ0v) is 21.6. The van der Waals surface area contributed by atoms with Crippen molar-refractivity contribution in [3.63, 3.8) is 0 Å². The van der Waals surface area contributed by atoms with Gasteiger partial charge in [-0.25, -0.2) is 4.98 Å². The summed E-state index contributed by atoms with van der Waals surface area (Å²) in [5.74, 6) is 0.669. The van der Waals surface area contributed by atoms with Gasteiger partial charge in [-0.3, -0.25) is 9.59 Å². The summed E-state index contributed by atoms with van der Waals surface area (Å²) in [6.45, 7) is 6.24. The molecule has 0 spiro atoms. The van der Waals surface area contributed by atoms with E-state index in [4.69, 9.17) is 14.5 Å². The predicted octanol–water partition coefficient (Wildman–Crippen LogP) is 7.62. The maximum absolute atomic E-state index is 13.8. The van der Waals surface area contributed by atoms with Gasteiger partial charge in [-0.2, -0.15) is 0 Å². The fraction of sp³-hybridized carbons (Fsp3) is 0.182. The second kappa shape index (κ2) is 9.42. The molecule has 0 amide bonds. The van der Waals surface area contributed by atoms with E-state index in [1.807, 2.05) is 75.4 Å². The summed E-state index contributed by atoms with van der Waals surface area (Å²) in [5.41, 5.74) is 5.19. The Hall–Kier alpha value is -4.51. The van der Waals surface area contributed by atoms with E-state index in [1.165, 1.54) is 0 Å².